The minimum Gasteiger partial charge on any atom is -0.468 e. The van der Waals surface area contributed by atoms with Crippen LogP contribution in [0.15, 0.2) is 30.3 Å². The summed E-state index contributed by atoms with van der Waals surface area (Å²) < 4.78 is 30.6. The van der Waals surface area contributed by atoms with Crippen molar-refractivity contribution in [3.8, 4) is 0 Å². The molecule has 1 fully saturated rings. The van der Waals surface area contributed by atoms with Gasteiger partial charge in [0, 0.05) is 6.54 Å². The van der Waals surface area contributed by atoms with Gasteiger partial charge in [-0.25, -0.2) is 8.42 Å². The van der Waals surface area contributed by atoms with Crippen LogP contribution in [0.1, 0.15) is 18.4 Å². The Morgan fingerprint density at radius 2 is 2.05 bits per heavy atom. The van der Waals surface area contributed by atoms with Crippen molar-refractivity contribution >= 4 is 16.0 Å². The third-order valence-corrected chi connectivity index (χ3v) is 5.08. The summed E-state index contributed by atoms with van der Waals surface area (Å²) in [4.78, 5) is 11.6. The lowest BCUT2D eigenvalue weighted by Crippen LogP contribution is -2.41. The highest BCUT2D eigenvalue weighted by molar-refractivity contribution is 7.88. The fourth-order valence-electron chi connectivity index (χ4n) is 2.31. The second-order valence-corrected chi connectivity index (χ2v) is 6.46. The summed E-state index contributed by atoms with van der Waals surface area (Å²) in [6.45, 7) is 0.384. The molecule has 0 N–H and O–H groups in total. The highest BCUT2D eigenvalue weighted by Crippen LogP contribution is 2.24. The van der Waals surface area contributed by atoms with E-state index in [9.17, 15) is 13.2 Å². The second-order valence-electron chi connectivity index (χ2n) is 4.53. The van der Waals surface area contributed by atoms with Crippen molar-refractivity contribution in [1.82, 2.24) is 4.31 Å². The summed E-state index contributed by atoms with van der Waals surface area (Å²) in [5.41, 5.74) is 0.720. The van der Waals surface area contributed by atoms with Crippen LogP contribution in [-0.2, 0) is 25.3 Å². The Hall–Kier alpha value is -1.40. The largest absolute Gasteiger partial charge is 0.468 e. The maximum absolute atomic E-state index is 12.4. The van der Waals surface area contributed by atoms with Gasteiger partial charge in [0.2, 0.25) is 10.0 Å². The molecule has 0 bridgehead atoms. The van der Waals surface area contributed by atoms with Gasteiger partial charge in [-0.15, -0.1) is 0 Å². The Bertz CT molecular complexity index is 541. The Morgan fingerprint density at radius 1 is 1.37 bits per heavy atom. The molecule has 0 spiro atoms. The molecule has 19 heavy (non-hydrogen) atoms. The van der Waals surface area contributed by atoms with Gasteiger partial charge in [-0.3, -0.25) is 4.79 Å². The van der Waals surface area contributed by atoms with Crippen LogP contribution < -0.4 is 0 Å². The van der Waals surface area contributed by atoms with E-state index in [1.807, 2.05) is 6.07 Å². The number of methoxy groups -OCH3 is 1. The number of nitrogens with zero attached hydrogens (tertiary/aromatic N) is 1. The van der Waals surface area contributed by atoms with E-state index >= 15 is 0 Å². The molecule has 1 aromatic rings. The first-order valence-electron chi connectivity index (χ1n) is 6.16. The van der Waals surface area contributed by atoms with Crippen LogP contribution in [-0.4, -0.2) is 38.4 Å². The predicted molar refractivity (Wildman–Crippen MR) is 70.8 cm³/mol. The van der Waals surface area contributed by atoms with Crippen molar-refractivity contribution in [3.63, 3.8) is 0 Å². The average molecular weight is 283 g/mol. The van der Waals surface area contributed by atoms with Crippen molar-refractivity contribution < 1.29 is 17.9 Å². The first-order valence-corrected chi connectivity index (χ1v) is 7.77. The number of sulfonamides is 1. The zero-order valence-electron chi connectivity index (χ0n) is 10.8. The molecule has 0 amide bonds. The summed E-state index contributed by atoms with van der Waals surface area (Å²) in [5.74, 6) is -0.560. The van der Waals surface area contributed by atoms with Gasteiger partial charge in [-0.05, 0) is 18.4 Å². The Balaban J connectivity index is 2.17. The quantitative estimate of drug-likeness (QED) is 0.778. The highest BCUT2D eigenvalue weighted by Gasteiger charge is 2.39. The number of carbonyl (C=O) groups is 1. The summed E-state index contributed by atoms with van der Waals surface area (Å²) in [6, 6.07) is 8.29. The molecule has 5 nitrogen and oxygen atoms in total. The SMILES string of the molecule is COC(=O)[C@H]1CCCN1S(=O)(=O)Cc1ccccc1. The summed E-state index contributed by atoms with van der Waals surface area (Å²) >= 11 is 0. The second kappa shape index (κ2) is 5.71. The van der Waals surface area contributed by atoms with E-state index in [1.165, 1.54) is 11.4 Å². The third kappa shape index (κ3) is 3.13. The Labute approximate surface area is 113 Å². The van der Waals surface area contributed by atoms with Crippen LogP contribution in [0.25, 0.3) is 0 Å². The molecule has 6 heteroatoms. The predicted octanol–water partition coefficient (Wildman–Crippen LogP) is 1.15. The van der Waals surface area contributed by atoms with Crippen molar-refractivity contribution in [2.75, 3.05) is 13.7 Å². The molecule has 0 unspecified atom stereocenters. The van der Waals surface area contributed by atoms with Crippen molar-refractivity contribution in [2.24, 2.45) is 0 Å². The normalized spacial score (nSPS) is 20.4. The summed E-state index contributed by atoms with van der Waals surface area (Å²) in [6.07, 6.45) is 1.22. The smallest absolute Gasteiger partial charge is 0.324 e. The lowest BCUT2D eigenvalue weighted by Gasteiger charge is -2.22. The molecule has 1 aliphatic rings. The van der Waals surface area contributed by atoms with Crippen LogP contribution in [0.4, 0.5) is 0 Å². The molecule has 1 aliphatic heterocycles. The van der Waals surface area contributed by atoms with Gasteiger partial charge in [-0.1, -0.05) is 30.3 Å². The molecule has 1 heterocycles. The number of rotatable bonds is 4. The van der Waals surface area contributed by atoms with E-state index in [0.717, 1.165) is 5.56 Å². The molecule has 104 valence electrons. The zero-order valence-corrected chi connectivity index (χ0v) is 11.6. The fraction of sp³-hybridized carbons (Fsp3) is 0.462. The molecule has 0 aromatic heterocycles. The molecule has 2 rings (SSSR count). The standard InChI is InChI=1S/C13H17NO4S/c1-18-13(15)12-8-5-9-14(12)19(16,17)10-11-6-3-2-4-7-11/h2-4,6-7,12H,5,8-10H2,1H3/t12-/m1/s1. The topological polar surface area (TPSA) is 63.7 Å². The Kier molecular flexibility index (Phi) is 4.21. The summed E-state index contributed by atoms with van der Waals surface area (Å²) in [5, 5.41) is 0. The molecule has 1 saturated heterocycles. The van der Waals surface area contributed by atoms with Gasteiger partial charge >= 0.3 is 5.97 Å². The first-order chi connectivity index (χ1) is 9.04. The van der Waals surface area contributed by atoms with Crippen LogP contribution in [0.5, 0.6) is 0 Å². The minimum atomic E-state index is -3.48. The van der Waals surface area contributed by atoms with E-state index in [0.29, 0.717) is 19.4 Å². The lowest BCUT2D eigenvalue weighted by molar-refractivity contribution is -0.144. The highest BCUT2D eigenvalue weighted by atomic mass is 32.2. The third-order valence-electron chi connectivity index (χ3n) is 3.23. The molecule has 1 atom stereocenters. The van der Waals surface area contributed by atoms with Gasteiger partial charge < -0.3 is 4.74 Å². The van der Waals surface area contributed by atoms with E-state index in [4.69, 9.17) is 0 Å². The molecular weight excluding hydrogens is 266 g/mol. The van der Waals surface area contributed by atoms with Crippen molar-refractivity contribution in [1.29, 1.82) is 0 Å². The van der Waals surface area contributed by atoms with E-state index in [2.05, 4.69) is 4.74 Å². The lowest BCUT2D eigenvalue weighted by atomic mass is 10.2. The van der Waals surface area contributed by atoms with Gasteiger partial charge in [-0.2, -0.15) is 4.31 Å². The van der Waals surface area contributed by atoms with E-state index in [-0.39, 0.29) is 5.75 Å². The maximum Gasteiger partial charge on any atom is 0.324 e. The van der Waals surface area contributed by atoms with E-state index < -0.39 is 22.0 Å². The zero-order chi connectivity index (χ0) is 13.9. The molecular formula is C13H17NO4S. The molecule has 1 aromatic carbocycles. The molecule has 0 aliphatic carbocycles. The number of hydrogen-bond donors (Lipinski definition) is 0. The van der Waals surface area contributed by atoms with Crippen LogP contribution in [0.3, 0.4) is 0 Å². The average Bonchev–Trinajstić information content (AvgIpc) is 2.88. The molecule has 0 radical (unpaired) electrons. The number of benzene rings is 1. The van der Waals surface area contributed by atoms with Crippen LogP contribution in [0.2, 0.25) is 0 Å². The van der Waals surface area contributed by atoms with Crippen molar-refractivity contribution in [2.45, 2.75) is 24.6 Å². The fourth-order valence-corrected chi connectivity index (χ4v) is 4.08. The number of hydrogen-bond acceptors (Lipinski definition) is 4. The van der Waals surface area contributed by atoms with Gasteiger partial charge in [0.25, 0.3) is 0 Å². The number of ether oxygens (including phenoxy) is 1. The van der Waals surface area contributed by atoms with Crippen molar-refractivity contribution in [3.05, 3.63) is 35.9 Å². The van der Waals surface area contributed by atoms with Crippen LogP contribution in [0, 0.1) is 0 Å². The van der Waals surface area contributed by atoms with Crippen LogP contribution >= 0.6 is 0 Å². The first kappa shape index (κ1) is 14.0. The minimum absolute atomic E-state index is 0.0820. The monoisotopic (exact) mass is 283 g/mol. The van der Waals surface area contributed by atoms with E-state index in [1.54, 1.807) is 24.3 Å². The number of carbonyl (C=O) groups excluding carboxylic acids is 1. The molecule has 0 saturated carbocycles. The maximum atomic E-state index is 12.4. The Morgan fingerprint density at radius 3 is 2.68 bits per heavy atom. The van der Waals surface area contributed by atoms with Gasteiger partial charge in [0.15, 0.2) is 0 Å². The summed E-state index contributed by atoms with van der Waals surface area (Å²) in [7, 11) is -2.20. The van der Waals surface area contributed by atoms with Gasteiger partial charge in [0.05, 0.1) is 12.9 Å². The van der Waals surface area contributed by atoms with Gasteiger partial charge in [0.1, 0.15) is 6.04 Å². The number of esters is 1.